The van der Waals surface area contributed by atoms with Crippen LogP contribution in [0.3, 0.4) is 0 Å². The third-order valence-electron chi connectivity index (χ3n) is 4.02. The molecule has 0 bridgehead atoms. The fraction of sp³-hybridized carbons (Fsp3) is 0.438. The van der Waals surface area contributed by atoms with Gasteiger partial charge in [0, 0.05) is 11.6 Å². The number of rotatable bonds is 1. The molecule has 0 aliphatic heterocycles. The smallest absolute Gasteiger partial charge is 0.0704 e. The molecule has 1 aliphatic carbocycles. The predicted molar refractivity (Wildman–Crippen MR) is 73.6 cm³/mol. The highest BCUT2D eigenvalue weighted by Gasteiger charge is 2.21. The lowest BCUT2D eigenvalue weighted by atomic mass is 9.88. The summed E-state index contributed by atoms with van der Waals surface area (Å²) in [5.41, 5.74) is 2.43. The van der Waals surface area contributed by atoms with E-state index in [0.717, 1.165) is 24.8 Å². The van der Waals surface area contributed by atoms with Crippen molar-refractivity contribution in [2.45, 2.75) is 44.1 Å². The molecule has 2 atom stereocenters. The average Bonchev–Trinajstić information content (AvgIpc) is 2.63. The average molecular weight is 241 g/mol. The maximum absolute atomic E-state index is 9.98. The summed E-state index contributed by atoms with van der Waals surface area (Å²) in [6.07, 6.45) is 7.12. The van der Waals surface area contributed by atoms with Crippen molar-refractivity contribution in [3.8, 4) is 0 Å². The number of nitrogens with zero attached hydrogens (tertiary/aromatic N) is 1. The van der Waals surface area contributed by atoms with Gasteiger partial charge in [0.1, 0.15) is 0 Å². The molecule has 2 aromatic rings. The van der Waals surface area contributed by atoms with Crippen LogP contribution in [0.5, 0.6) is 0 Å². The van der Waals surface area contributed by atoms with Crippen LogP contribution in [0.1, 0.15) is 43.6 Å². The molecule has 2 nitrogen and oxygen atoms in total. The molecular formula is C16H19NO. The largest absolute Gasteiger partial charge is 0.393 e. The molecule has 1 aromatic carbocycles. The molecule has 1 heterocycles. The minimum Gasteiger partial charge on any atom is -0.393 e. The van der Waals surface area contributed by atoms with Crippen molar-refractivity contribution in [3.63, 3.8) is 0 Å². The van der Waals surface area contributed by atoms with E-state index < -0.39 is 0 Å². The molecule has 1 N–H and O–H groups in total. The van der Waals surface area contributed by atoms with Gasteiger partial charge in [0.25, 0.3) is 0 Å². The molecule has 2 unspecified atom stereocenters. The summed E-state index contributed by atoms with van der Waals surface area (Å²) in [4.78, 5) is 4.42. The molecule has 94 valence electrons. The molecule has 0 saturated heterocycles. The van der Waals surface area contributed by atoms with Gasteiger partial charge in [-0.15, -0.1) is 0 Å². The lowest BCUT2D eigenvalue weighted by molar-refractivity contribution is 0.152. The van der Waals surface area contributed by atoms with Crippen LogP contribution < -0.4 is 0 Å². The van der Waals surface area contributed by atoms with Gasteiger partial charge in [0.05, 0.1) is 11.6 Å². The van der Waals surface area contributed by atoms with Crippen LogP contribution in [0, 0.1) is 0 Å². The van der Waals surface area contributed by atoms with Crippen LogP contribution >= 0.6 is 0 Å². The molecule has 0 spiro atoms. The second kappa shape index (κ2) is 5.07. The zero-order valence-corrected chi connectivity index (χ0v) is 10.5. The Morgan fingerprint density at radius 1 is 1.06 bits per heavy atom. The van der Waals surface area contributed by atoms with E-state index in [9.17, 15) is 5.11 Å². The van der Waals surface area contributed by atoms with E-state index in [4.69, 9.17) is 0 Å². The van der Waals surface area contributed by atoms with Gasteiger partial charge in [-0.3, -0.25) is 4.98 Å². The first-order valence-corrected chi connectivity index (χ1v) is 6.86. The van der Waals surface area contributed by atoms with Gasteiger partial charge < -0.3 is 5.11 Å². The van der Waals surface area contributed by atoms with Crippen molar-refractivity contribution in [2.75, 3.05) is 0 Å². The molecule has 1 saturated carbocycles. The number of aliphatic hydroxyl groups is 1. The number of benzene rings is 1. The molecule has 1 aromatic heterocycles. The summed E-state index contributed by atoms with van der Waals surface area (Å²) in [6, 6.07) is 10.5. The molecule has 18 heavy (non-hydrogen) atoms. The normalized spacial score (nSPS) is 24.9. The highest BCUT2D eigenvalue weighted by molar-refractivity contribution is 5.82. The highest BCUT2D eigenvalue weighted by atomic mass is 16.3. The third-order valence-corrected chi connectivity index (χ3v) is 4.02. The van der Waals surface area contributed by atoms with E-state index in [1.807, 2.05) is 12.3 Å². The van der Waals surface area contributed by atoms with Crippen LogP contribution in [0.25, 0.3) is 10.9 Å². The number of aliphatic hydroxyl groups excluding tert-OH is 1. The van der Waals surface area contributed by atoms with Crippen molar-refractivity contribution in [3.05, 3.63) is 42.1 Å². The molecule has 2 heteroatoms. The van der Waals surface area contributed by atoms with Crippen molar-refractivity contribution in [2.24, 2.45) is 0 Å². The number of aromatic nitrogens is 1. The van der Waals surface area contributed by atoms with Crippen LogP contribution in [0.4, 0.5) is 0 Å². The van der Waals surface area contributed by atoms with Crippen LogP contribution in [0.2, 0.25) is 0 Å². The van der Waals surface area contributed by atoms with E-state index in [-0.39, 0.29) is 6.10 Å². The topological polar surface area (TPSA) is 33.1 Å². The van der Waals surface area contributed by atoms with E-state index in [2.05, 4.69) is 29.2 Å². The van der Waals surface area contributed by atoms with E-state index in [0.29, 0.717) is 5.92 Å². The molecule has 0 amide bonds. The first-order chi connectivity index (χ1) is 8.84. The molecular weight excluding hydrogens is 222 g/mol. The Morgan fingerprint density at radius 2 is 1.94 bits per heavy atom. The summed E-state index contributed by atoms with van der Waals surface area (Å²) in [7, 11) is 0. The van der Waals surface area contributed by atoms with Gasteiger partial charge in [0.2, 0.25) is 0 Å². The van der Waals surface area contributed by atoms with Crippen molar-refractivity contribution in [1.82, 2.24) is 4.98 Å². The fourth-order valence-corrected chi connectivity index (χ4v) is 3.10. The molecule has 1 fully saturated rings. The quantitative estimate of drug-likeness (QED) is 0.773. The van der Waals surface area contributed by atoms with E-state index in [1.54, 1.807) is 0 Å². The minimum absolute atomic E-state index is 0.135. The second-order valence-electron chi connectivity index (χ2n) is 5.29. The Bertz CT molecular complexity index is 532. The van der Waals surface area contributed by atoms with Gasteiger partial charge in [-0.1, -0.05) is 31.0 Å². The van der Waals surface area contributed by atoms with Gasteiger partial charge in [-0.05, 0) is 42.9 Å². The number of hydrogen-bond acceptors (Lipinski definition) is 2. The van der Waals surface area contributed by atoms with Crippen molar-refractivity contribution < 1.29 is 5.11 Å². The lowest BCUT2D eigenvalue weighted by Gasteiger charge is -2.18. The first kappa shape index (κ1) is 11.7. The second-order valence-corrected chi connectivity index (χ2v) is 5.29. The Hall–Kier alpha value is -1.41. The molecule has 3 rings (SSSR count). The van der Waals surface area contributed by atoms with E-state index >= 15 is 0 Å². The van der Waals surface area contributed by atoms with Gasteiger partial charge in [-0.2, -0.15) is 0 Å². The Balaban J connectivity index is 2.02. The summed E-state index contributed by atoms with van der Waals surface area (Å²) in [6.45, 7) is 0. The van der Waals surface area contributed by atoms with Gasteiger partial charge in [0.15, 0.2) is 0 Å². The minimum atomic E-state index is -0.135. The van der Waals surface area contributed by atoms with Gasteiger partial charge >= 0.3 is 0 Å². The van der Waals surface area contributed by atoms with Crippen molar-refractivity contribution >= 4 is 10.9 Å². The zero-order valence-electron chi connectivity index (χ0n) is 10.5. The Kier molecular flexibility index (Phi) is 3.28. The summed E-state index contributed by atoms with van der Waals surface area (Å²) >= 11 is 0. The highest BCUT2D eigenvalue weighted by Crippen LogP contribution is 2.35. The summed E-state index contributed by atoms with van der Waals surface area (Å²) in [5, 5.41) is 11.2. The standard InChI is InChI=1S/C16H19NO/c18-13-6-2-1-5-12(11-13)14-7-3-9-16-15(14)8-4-10-17-16/h3-4,7-10,12-13,18H,1-2,5-6,11H2. The van der Waals surface area contributed by atoms with Gasteiger partial charge in [-0.25, -0.2) is 0 Å². The third kappa shape index (κ3) is 2.25. The maximum atomic E-state index is 9.98. The SMILES string of the molecule is OC1CCCCC(c2cccc3ncccc23)C1. The zero-order chi connectivity index (χ0) is 12.4. The first-order valence-electron chi connectivity index (χ1n) is 6.86. The summed E-state index contributed by atoms with van der Waals surface area (Å²) in [5.74, 6) is 0.482. The van der Waals surface area contributed by atoms with Crippen LogP contribution in [-0.4, -0.2) is 16.2 Å². The Labute approximate surface area is 108 Å². The Morgan fingerprint density at radius 3 is 2.89 bits per heavy atom. The van der Waals surface area contributed by atoms with Crippen molar-refractivity contribution in [1.29, 1.82) is 0 Å². The van der Waals surface area contributed by atoms with Crippen LogP contribution in [-0.2, 0) is 0 Å². The van der Waals surface area contributed by atoms with E-state index in [1.165, 1.54) is 23.8 Å². The number of hydrogen-bond donors (Lipinski definition) is 1. The fourth-order valence-electron chi connectivity index (χ4n) is 3.10. The summed E-state index contributed by atoms with van der Waals surface area (Å²) < 4.78 is 0. The maximum Gasteiger partial charge on any atom is 0.0704 e. The molecule has 1 aliphatic rings. The number of pyridine rings is 1. The van der Waals surface area contributed by atoms with Crippen LogP contribution in [0.15, 0.2) is 36.5 Å². The predicted octanol–water partition coefficient (Wildman–Crippen LogP) is 3.64. The lowest BCUT2D eigenvalue weighted by Crippen LogP contribution is -2.09. The number of fused-ring (bicyclic) bond motifs is 1. The molecule has 0 radical (unpaired) electrons. The monoisotopic (exact) mass is 241 g/mol.